The Morgan fingerprint density at radius 3 is 2.20 bits per heavy atom. The maximum absolute atomic E-state index is 12.8. The van der Waals surface area contributed by atoms with Crippen LogP contribution in [-0.2, 0) is 6.61 Å². The Kier molecular flexibility index (Phi) is 6.80. The predicted molar refractivity (Wildman–Crippen MR) is 116 cm³/mol. The first-order valence-corrected chi connectivity index (χ1v) is 9.44. The molecule has 0 aliphatic heterocycles. The molecular weight excluding hydrogens is 382 g/mol. The average Bonchev–Trinajstić information content (AvgIpc) is 2.78. The molecule has 0 heterocycles. The summed E-state index contributed by atoms with van der Waals surface area (Å²) in [5, 5.41) is 2.88. The molecule has 0 bridgehead atoms. The van der Waals surface area contributed by atoms with Gasteiger partial charge in [0, 0.05) is 22.9 Å². The van der Waals surface area contributed by atoms with Gasteiger partial charge >= 0.3 is 0 Å². The molecule has 0 fully saturated rings. The Labute approximate surface area is 176 Å². The molecule has 0 spiro atoms. The monoisotopic (exact) mass is 407 g/mol. The fraction of sp³-hybridized carbons (Fsp3) is 0.208. The van der Waals surface area contributed by atoms with E-state index in [1.165, 1.54) is 0 Å². The van der Waals surface area contributed by atoms with Crippen LogP contribution in [0.5, 0.6) is 23.0 Å². The molecule has 1 amide bonds. The van der Waals surface area contributed by atoms with E-state index in [4.69, 9.17) is 18.9 Å². The van der Waals surface area contributed by atoms with Crippen LogP contribution in [0.3, 0.4) is 0 Å². The number of hydrogen-bond donors (Lipinski definition) is 1. The molecule has 0 aliphatic carbocycles. The Hall–Kier alpha value is -3.67. The normalized spacial score (nSPS) is 10.3. The van der Waals surface area contributed by atoms with Crippen molar-refractivity contribution in [2.45, 2.75) is 13.5 Å². The van der Waals surface area contributed by atoms with Gasteiger partial charge in [0.1, 0.15) is 18.1 Å². The number of benzene rings is 3. The lowest BCUT2D eigenvalue weighted by molar-refractivity contribution is 0.102. The SMILES string of the molecule is COc1ccc(C(=O)Nc2ccc(OC)c(OC)c2)cc1COc1ccccc1C. The number of ether oxygens (including phenoxy) is 4. The molecule has 0 radical (unpaired) electrons. The van der Waals surface area contributed by atoms with Crippen LogP contribution < -0.4 is 24.3 Å². The van der Waals surface area contributed by atoms with E-state index in [-0.39, 0.29) is 12.5 Å². The lowest BCUT2D eigenvalue weighted by atomic mass is 10.1. The van der Waals surface area contributed by atoms with Crippen LogP contribution in [-0.4, -0.2) is 27.2 Å². The van der Waals surface area contributed by atoms with E-state index >= 15 is 0 Å². The van der Waals surface area contributed by atoms with Crippen molar-refractivity contribution in [3.8, 4) is 23.0 Å². The zero-order chi connectivity index (χ0) is 21.5. The summed E-state index contributed by atoms with van der Waals surface area (Å²) in [5.74, 6) is 2.33. The maximum atomic E-state index is 12.8. The van der Waals surface area contributed by atoms with Crippen molar-refractivity contribution in [3.05, 3.63) is 77.4 Å². The Morgan fingerprint density at radius 2 is 1.50 bits per heavy atom. The molecule has 3 rings (SSSR count). The molecule has 0 aromatic heterocycles. The van der Waals surface area contributed by atoms with Crippen molar-refractivity contribution in [1.82, 2.24) is 0 Å². The van der Waals surface area contributed by atoms with Gasteiger partial charge < -0.3 is 24.3 Å². The molecule has 156 valence electrons. The van der Waals surface area contributed by atoms with Crippen molar-refractivity contribution in [2.75, 3.05) is 26.6 Å². The summed E-state index contributed by atoms with van der Waals surface area (Å²) < 4.78 is 21.9. The zero-order valence-electron chi connectivity index (χ0n) is 17.5. The molecule has 0 aliphatic rings. The quantitative estimate of drug-likeness (QED) is 0.578. The minimum Gasteiger partial charge on any atom is -0.496 e. The van der Waals surface area contributed by atoms with Gasteiger partial charge in [0.05, 0.1) is 21.3 Å². The molecule has 3 aromatic rings. The second kappa shape index (κ2) is 9.69. The van der Waals surface area contributed by atoms with Crippen LogP contribution >= 0.6 is 0 Å². The molecule has 0 atom stereocenters. The summed E-state index contributed by atoms with van der Waals surface area (Å²) in [4.78, 5) is 12.8. The third-order valence-corrected chi connectivity index (χ3v) is 4.66. The molecule has 0 saturated carbocycles. The molecule has 0 saturated heterocycles. The Bertz CT molecular complexity index is 1030. The largest absolute Gasteiger partial charge is 0.496 e. The predicted octanol–water partition coefficient (Wildman–Crippen LogP) is 4.85. The van der Waals surface area contributed by atoms with Crippen LogP contribution in [0.25, 0.3) is 0 Å². The van der Waals surface area contributed by atoms with E-state index in [0.29, 0.717) is 28.5 Å². The molecule has 0 unspecified atom stereocenters. The van der Waals surface area contributed by atoms with Crippen LogP contribution in [0, 0.1) is 6.92 Å². The number of amides is 1. The molecule has 1 N–H and O–H groups in total. The van der Waals surface area contributed by atoms with E-state index < -0.39 is 0 Å². The summed E-state index contributed by atoms with van der Waals surface area (Å²) in [6.07, 6.45) is 0. The summed E-state index contributed by atoms with van der Waals surface area (Å²) in [7, 11) is 4.71. The van der Waals surface area contributed by atoms with E-state index in [2.05, 4.69) is 5.32 Å². The van der Waals surface area contributed by atoms with Gasteiger partial charge in [-0.05, 0) is 48.9 Å². The summed E-state index contributed by atoms with van der Waals surface area (Å²) in [5.41, 5.74) is 2.92. The highest BCUT2D eigenvalue weighted by molar-refractivity contribution is 6.04. The fourth-order valence-corrected chi connectivity index (χ4v) is 3.02. The van der Waals surface area contributed by atoms with Crippen molar-refractivity contribution in [1.29, 1.82) is 0 Å². The van der Waals surface area contributed by atoms with E-state index in [1.807, 2.05) is 31.2 Å². The Morgan fingerprint density at radius 1 is 0.800 bits per heavy atom. The number of carbonyl (C=O) groups is 1. The minimum atomic E-state index is -0.248. The van der Waals surface area contributed by atoms with Crippen LogP contribution in [0.4, 0.5) is 5.69 Å². The fourth-order valence-electron chi connectivity index (χ4n) is 3.02. The van der Waals surface area contributed by atoms with Gasteiger partial charge in [-0.1, -0.05) is 18.2 Å². The van der Waals surface area contributed by atoms with Crippen molar-refractivity contribution in [3.63, 3.8) is 0 Å². The highest BCUT2D eigenvalue weighted by atomic mass is 16.5. The highest BCUT2D eigenvalue weighted by Crippen LogP contribution is 2.30. The van der Waals surface area contributed by atoms with Gasteiger partial charge in [0.15, 0.2) is 11.5 Å². The first kappa shape index (κ1) is 21.0. The van der Waals surface area contributed by atoms with Crippen molar-refractivity contribution >= 4 is 11.6 Å². The van der Waals surface area contributed by atoms with Crippen molar-refractivity contribution in [2.24, 2.45) is 0 Å². The lowest BCUT2D eigenvalue weighted by Gasteiger charge is -2.14. The smallest absolute Gasteiger partial charge is 0.255 e. The number of hydrogen-bond acceptors (Lipinski definition) is 5. The van der Waals surface area contributed by atoms with Gasteiger partial charge in [-0.3, -0.25) is 4.79 Å². The highest BCUT2D eigenvalue weighted by Gasteiger charge is 2.13. The second-order valence-electron chi connectivity index (χ2n) is 6.60. The van der Waals surface area contributed by atoms with E-state index in [0.717, 1.165) is 16.9 Å². The van der Waals surface area contributed by atoms with Crippen LogP contribution in [0.15, 0.2) is 60.7 Å². The number of nitrogens with one attached hydrogen (secondary N) is 1. The average molecular weight is 407 g/mol. The van der Waals surface area contributed by atoms with Crippen LogP contribution in [0.2, 0.25) is 0 Å². The molecule has 30 heavy (non-hydrogen) atoms. The molecule has 6 nitrogen and oxygen atoms in total. The topological polar surface area (TPSA) is 66.0 Å². The first-order chi connectivity index (χ1) is 14.5. The number of carbonyl (C=O) groups excluding carboxylic acids is 1. The van der Waals surface area contributed by atoms with Gasteiger partial charge in [0.25, 0.3) is 5.91 Å². The number of anilines is 1. The second-order valence-corrected chi connectivity index (χ2v) is 6.60. The van der Waals surface area contributed by atoms with Gasteiger partial charge in [-0.15, -0.1) is 0 Å². The minimum absolute atomic E-state index is 0.248. The van der Waals surface area contributed by atoms with Crippen molar-refractivity contribution < 1.29 is 23.7 Å². The maximum Gasteiger partial charge on any atom is 0.255 e. The number of methoxy groups -OCH3 is 3. The zero-order valence-corrected chi connectivity index (χ0v) is 17.5. The van der Waals surface area contributed by atoms with Crippen LogP contribution in [0.1, 0.15) is 21.5 Å². The molecule has 3 aromatic carbocycles. The number of rotatable bonds is 8. The number of para-hydroxylation sites is 1. The molecular formula is C24H25NO5. The standard InChI is InChI=1S/C24H25NO5/c1-16-7-5-6-8-20(16)30-15-18-13-17(9-11-21(18)27-2)24(26)25-19-10-12-22(28-3)23(14-19)29-4/h5-14H,15H2,1-4H3,(H,25,26). The van der Waals surface area contributed by atoms with Gasteiger partial charge in [-0.2, -0.15) is 0 Å². The summed E-state index contributed by atoms with van der Waals surface area (Å²) >= 11 is 0. The van der Waals surface area contributed by atoms with Gasteiger partial charge in [-0.25, -0.2) is 0 Å². The van der Waals surface area contributed by atoms with E-state index in [9.17, 15) is 4.79 Å². The third-order valence-electron chi connectivity index (χ3n) is 4.66. The summed E-state index contributed by atoms with van der Waals surface area (Å²) in [6.45, 7) is 2.27. The van der Waals surface area contributed by atoms with E-state index in [1.54, 1.807) is 57.7 Å². The first-order valence-electron chi connectivity index (χ1n) is 9.44. The van der Waals surface area contributed by atoms with Gasteiger partial charge in [0.2, 0.25) is 0 Å². The number of aryl methyl sites for hydroxylation is 1. The third kappa shape index (κ3) is 4.84. The Balaban J connectivity index is 1.78. The molecule has 6 heteroatoms. The lowest BCUT2D eigenvalue weighted by Crippen LogP contribution is -2.13. The summed E-state index contributed by atoms with van der Waals surface area (Å²) in [6, 6.07) is 18.2.